The molecule has 1 aliphatic rings. The van der Waals surface area contributed by atoms with Crippen molar-refractivity contribution >= 4 is 23.1 Å². The van der Waals surface area contributed by atoms with Crippen LogP contribution in [0.4, 0.5) is 0 Å². The van der Waals surface area contributed by atoms with Crippen molar-refractivity contribution in [1.29, 1.82) is 0 Å². The molecule has 1 aliphatic heterocycles. The molecule has 0 fully saturated rings. The smallest absolute Gasteiger partial charge is 0.0869 e. The Morgan fingerprint density at radius 1 is 1.53 bits per heavy atom. The average molecular weight is 300 g/mol. The van der Waals surface area contributed by atoms with E-state index >= 15 is 0 Å². The summed E-state index contributed by atoms with van der Waals surface area (Å²) < 4.78 is 1.43. The van der Waals surface area contributed by atoms with Gasteiger partial charge in [0.2, 0.25) is 0 Å². The van der Waals surface area contributed by atoms with Gasteiger partial charge in [-0.05, 0) is 44.4 Å². The molecule has 0 aromatic carbocycles. The predicted molar refractivity (Wildman–Crippen MR) is 84.2 cm³/mol. The number of nitrogens with one attached hydrogen (secondary N) is 1. The lowest BCUT2D eigenvalue weighted by atomic mass is 10.0. The van der Waals surface area contributed by atoms with Crippen LogP contribution in [-0.4, -0.2) is 48.0 Å². The molecular formula is C14H24N2OS2. The molecule has 3 nitrogen and oxygen atoms in total. The standard InChI is InChI=1S/C14H24N2OS2/c1-10-7-12(11-5-6-18-13(11)19-10)15-8-14(2,17)9-16(3)4/h5-6,10,12,15,17H,7-9H2,1-4H3/t10-,12?,14?/m0/s1. The van der Waals surface area contributed by atoms with Crippen LogP contribution in [0.2, 0.25) is 0 Å². The van der Waals surface area contributed by atoms with Gasteiger partial charge in [0.05, 0.1) is 9.81 Å². The molecule has 1 aromatic heterocycles. The van der Waals surface area contributed by atoms with Gasteiger partial charge in [-0.1, -0.05) is 6.92 Å². The molecule has 2 heterocycles. The molecule has 2 rings (SSSR count). The highest BCUT2D eigenvalue weighted by Crippen LogP contribution is 2.43. The second-order valence-corrected chi connectivity index (χ2v) is 8.62. The molecule has 0 spiro atoms. The summed E-state index contributed by atoms with van der Waals surface area (Å²) in [6, 6.07) is 2.60. The SMILES string of the molecule is C[C@H]1CC(NCC(C)(O)CN(C)C)c2ccsc2S1. The number of thiophene rings is 1. The Balaban J connectivity index is 1.97. The minimum Gasteiger partial charge on any atom is -0.388 e. The summed E-state index contributed by atoms with van der Waals surface area (Å²) >= 11 is 3.80. The third-order valence-corrected chi connectivity index (χ3v) is 5.64. The van der Waals surface area contributed by atoms with E-state index in [1.807, 2.05) is 49.0 Å². The zero-order valence-electron chi connectivity index (χ0n) is 12.1. The highest BCUT2D eigenvalue weighted by Gasteiger charge is 2.28. The van der Waals surface area contributed by atoms with Gasteiger partial charge in [0, 0.05) is 24.4 Å². The summed E-state index contributed by atoms with van der Waals surface area (Å²) in [5, 5.41) is 16.7. The van der Waals surface area contributed by atoms with Crippen molar-refractivity contribution in [1.82, 2.24) is 10.2 Å². The van der Waals surface area contributed by atoms with Crippen LogP contribution >= 0.6 is 23.1 Å². The van der Waals surface area contributed by atoms with Crippen LogP contribution in [0.3, 0.4) is 0 Å². The lowest BCUT2D eigenvalue weighted by Crippen LogP contribution is -2.46. The van der Waals surface area contributed by atoms with Crippen LogP contribution in [0.5, 0.6) is 0 Å². The van der Waals surface area contributed by atoms with Crippen LogP contribution in [-0.2, 0) is 0 Å². The molecule has 2 unspecified atom stereocenters. The van der Waals surface area contributed by atoms with Crippen molar-refractivity contribution in [2.45, 2.75) is 41.4 Å². The quantitative estimate of drug-likeness (QED) is 0.876. The molecule has 1 aromatic rings. The topological polar surface area (TPSA) is 35.5 Å². The molecule has 0 saturated heterocycles. The largest absolute Gasteiger partial charge is 0.388 e. The molecule has 19 heavy (non-hydrogen) atoms. The van der Waals surface area contributed by atoms with Gasteiger partial charge in [-0.3, -0.25) is 0 Å². The van der Waals surface area contributed by atoms with Crippen LogP contribution in [0.15, 0.2) is 15.7 Å². The number of likely N-dealkylation sites (N-methyl/N-ethyl adjacent to an activating group) is 1. The van der Waals surface area contributed by atoms with E-state index in [1.165, 1.54) is 9.77 Å². The van der Waals surface area contributed by atoms with Crippen LogP contribution in [0.25, 0.3) is 0 Å². The average Bonchev–Trinajstić information content (AvgIpc) is 2.71. The Morgan fingerprint density at radius 2 is 2.26 bits per heavy atom. The van der Waals surface area contributed by atoms with E-state index in [9.17, 15) is 5.11 Å². The van der Waals surface area contributed by atoms with E-state index in [2.05, 4.69) is 23.7 Å². The van der Waals surface area contributed by atoms with E-state index in [-0.39, 0.29) is 0 Å². The van der Waals surface area contributed by atoms with E-state index in [4.69, 9.17) is 0 Å². The third kappa shape index (κ3) is 4.20. The summed E-state index contributed by atoms with van der Waals surface area (Å²) in [6.45, 7) is 5.48. The number of thioether (sulfide) groups is 1. The summed E-state index contributed by atoms with van der Waals surface area (Å²) in [5.41, 5.74) is 0.724. The van der Waals surface area contributed by atoms with Crippen molar-refractivity contribution in [3.63, 3.8) is 0 Å². The molecule has 0 radical (unpaired) electrons. The maximum Gasteiger partial charge on any atom is 0.0869 e. The predicted octanol–water partition coefficient (Wildman–Crippen LogP) is 2.58. The molecule has 2 N–H and O–H groups in total. The summed E-state index contributed by atoms with van der Waals surface area (Å²) in [5.74, 6) is 0. The first-order valence-corrected chi connectivity index (χ1v) is 8.48. The highest BCUT2D eigenvalue weighted by atomic mass is 32.2. The summed E-state index contributed by atoms with van der Waals surface area (Å²) in [4.78, 5) is 2.02. The second-order valence-electron chi connectivity index (χ2n) is 6.00. The molecule has 3 atom stereocenters. The summed E-state index contributed by atoms with van der Waals surface area (Å²) in [6.07, 6.45) is 1.13. The van der Waals surface area contributed by atoms with E-state index in [0.29, 0.717) is 24.4 Å². The number of hydrogen-bond acceptors (Lipinski definition) is 5. The lowest BCUT2D eigenvalue weighted by molar-refractivity contribution is 0.0309. The maximum absolute atomic E-state index is 10.4. The molecule has 108 valence electrons. The van der Waals surface area contributed by atoms with Gasteiger partial charge in [0.15, 0.2) is 0 Å². The third-order valence-electron chi connectivity index (χ3n) is 3.30. The minimum atomic E-state index is -0.687. The molecule has 0 amide bonds. The second kappa shape index (κ2) is 6.14. The molecular weight excluding hydrogens is 276 g/mol. The Bertz CT molecular complexity index is 417. The van der Waals surface area contributed by atoms with Crippen molar-refractivity contribution in [3.8, 4) is 0 Å². The number of fused-ring (bicyclic) bond motifs is 1. The fourth-order valence-corrected chi connectivity index (χ4v) is 5.19. The van der Waals surface area contributed by atoms with Gasteiger partial charge in [0.25, 0.3) is 0 Å². The minimum absolute atomic E-state index is 0.381. The zero-order chi connectivity index (χ0) is 14.0. The van der Waals surface area contributed by atoms with Crippen molar-refractivity contribution in [2.75, 3.05) is 27.2 Å². The van der Waals surface area contributed by atoms with Gasteiger partial charge < -0.3 is 15.3 Å². The fraction of sp³-hybridized carbons (Fsp3) is 0.714. The lowest BCUT2D eigenvalue weighted by Gasteiger charge is -2.32. The van der Waals surface area contributed by atoms with Gasteiger partial charge >= 0.3 is 0 Å². The van der Waals surface area contributed by atoms with Crippen molar-refractivity contribution < 1.29 is 5.11 Å². The Hall–Kier alpha value is -0.0700. The number of aliphatic hydroxyl groups is 1. The van der Waals surface area contributed by atoms with Crippen molar-refractivity contribution in [2.24, 2.45) is 0 Å². The van der Waals surface area contributed by atoms with E-state index in [1.54, 1.807) is 0 Å². The molecule has 5 heteroatoms. The van der Waals surface area contributed by atoms with Gasteiger partial charge in [0.1, 0.15) is 0 Å². The van der Waals surface area contributed by atoms with E-state index in [0.717, 1.165) is 6.42 Å². The normalized spacial score (nSPS) is 26.2. The highest BCUT2D eigenvalue weighted by molar-refractivity contribution is 8.01. The van der Waals surface area contributed by atoms with Gasteiger partial charge in [-0.2, -0.15) is 0 Å². The number of rotatable bonds is 5. The molecule has 0 saturated carbocycles. The summed E-state index contributed by atoms with van der Waals surface area (Å²) in [7, 11) is 3.98. The Labute approximate surface area is 124 Å². The van der Waals surface area contributed by atoms with Gasteiger partial charge in [-0.15, -0.1) is 23.1 Å². The Morgan fingerprint density at radius 3 is 2.95 bits per heavy atom. The zero-order valence-corrected chi connectivity index (χ0v) is 13.8. The maximum atomic E-state index is 10.4. The number of hydrogen-bond donors (Lipinski definition) is 2. The van der Waals surface area contributed by atoms with Gasteiger partial charge in [-0.25, -0.2) is 0 Å². The van der Waals surface area contributed by atoms with Crippen LogP contribution in [0, 0.1) is 0 Å². The molecule has 0 aliphatic carbocycles. The fourth-order valence-electron chi connectivity index (χ4n) is 2.62. The van der Waals surface area contributed by atoms with Crippen LogP contribution in [0.1, 0.15) is 31.9 Å². The molecule has 0 bridgehead atoms. The first-order chi connectivity index (χ1) is 8.87. The van der Waals surface area contributed by atoms with E-state index < -0.39 is 5.60 Å². The number of nitrogens with zero attached hydrogens (tertiary/aromatic N) is 1. The van der Waals surface area contributed by atoms with Crippen LogP contribution < -0.4 is 5.32 Å². The first-order valence-electron chi connectivity index (χ1n) is 6.72. The monoisotopic (exact) mass is 300 g/mol. The first kappa shape index (κ1) is 15.3. The van der Waals surface area contributed by atoms with Crippen molar-refractivity contribution in [3.05, 3.63) is 17.0 Å². The Kier molecular flexibility index (Phi) is 4.95.